The summed E-state index contributed by atoms with van der Waals surface area (Å²) >= 11 is 5.13. The smallest absolute Gasteiger partial charge is 0.387 e. The molecule has 0 atom stereocenters. The van der Waals surface area contributed by atoms with Crippen LogP contribution in [-0.2, 0) is 0 Å². The van der Waals surface area contributed by atoms with Crippen LogP contribution in [0.15, 0.2) is 53.6 Å². The fourth-order valence-corrected chi connectivity index (χ4v) is 1.96. The molecular weight excluding hydrogens is 336 g/mol. The third-order valence-electron chi connectivity index (χ3n) is 2.84. The van der Waals surface area contributed by atoms with Gasteiger partial charge in [-0.3, -0.25) is 5.43 Å². The van der Waals surface area contributed by atoms with Crippen molar-refractivity contribution in [3.05, 3.63) is 54.1 Å². The Kier molecular flexibility index (Phi) is 6.44. The van der Waals surface area contributed by atoms with Crippen molar-refractivity contribution >= 4 is 29.2 Å². The molecule has 0 fully saturated rings. The van der Waals surface area contributed by atoms with E-state index in [1.165, 1.54) is 18.3 Å². The maximum Gasteiger partial charge on any atom is 0.387 e. The molecule has 5 nitrogen and oxygen atoms in total. The molecule has 0 radical (unpaired) electrons. The van der Waals surface area contributed by atoms with Gasteiger partial charge in [0.25, 0.3) is 0 Å². The van der Waals surface area contributed by atoms with Gasteiger partial charge in [-0.2, -0.15) is 13.9 Å². The molecule has 0 unspecified atom stereocenters. The third-order valence-corrected chi connectivity index (χ3v) is 3.03. The Morgan fingerprint density at radius 3 is 2.54 bits per heavy atom. The van der Waals surface area contributed by atoms with Crippen LogP contribution >= 0.6 is 12.2 Å². The number of rotatable bonds is 6. The number of alkyl halides is 2. The normalized spacial score (nSPS) is 10.7. The number of hydrogen-bond acceptors (Lipinski definition) is 4. The Bertz CT molecular complexity index is 709. The Labute approximate surface area is 143 Å². The predicted octanol–water partition coefficient (Wildman–Crippen LogP) is 3.62. The number of benzene rings is 2. The van der Waals surface area contributed by atoms with Crippen LogP contribution < -0.4 is 20.2 Å². The fraction of sp³-hybridized carbons (Fsp3) is 0.125. The van der Waals surface area contributed by atoms with E-state index in [1.54, 1.807) is 25.3 Å². The lowest BCUT2D eigenvalue weighted by atomic mass is 10.2. The number of hydrogen-bond donors (Lipinski definition) is 2. The molecule has 0 amide bonds. The lowest BCUT2D eigenvalue weighted by molar-refractivity contribution is -0.0498. The van der Waals surface area contributed by atoms with Gasteiger partial charge in [0, 0.05) is 0 Å². The van der Waals surface area contributed by atoms with Gasteiger partial charge in [0.2, 0.25) is 0 Å². The molecule has 2 N–H and O–H groups in total. The lowest BCUT2D eigenvalue weighted by Gasteiger charge is -2.10. The zero-order chi connectivity index (χ0) is 17.4. The van der Waals surface area contributed by atoms with Crippen molar-refractivity contribution < 1.29 is 18.3 Å². The number of hydrazone groups is 1. The van der Waals surface area contributed by atoms with E-state index in [0.717, 1.165) is 0 Å². The summed E-state index contributed by atoms with van der Waals surface area (Å²) in [7, 11) is 1.57. The van der Waals surface area contributed by atoms with Crippen LogP contribution in [0.25, 0.3) is 0 Å². The average molecular weight is 351 g/mol. The number of nitrogens with one attached hydrogen (secondary N) is 2. The molecule has 24 heavy (non-hydrogen) atoms. The van der Waals surface area contributed by atoms with Crippen molar-refractivity contribution in [3.63, 3.8) is 0 Å². The third kappa shape index (κ3) is 5.47. The molecule has 0 bridgehead atoms. The van der Waals surface area contributed by atoms with Gasteiger partial charge in [-0.25, -0.2) is 0 Å². The van der Waals surface area contributed by atoms with Gasteiger partial charge in [0.05, 0.1) is 19.0 Å². The van der Waals surface area contributed by atoms with Gasteiger partial charge in [-0.05, 0) is 54.2 Å². The first-order valence-corrected chi connectivity index (χ1v) is 7.27. The van der Waals surface area contributed by atoms with Crippen LogP contribution in [0.2, 0.25) is 0 Å². The lowest BCUT2D eigenvalue weighted by Crippen LogP contribution is -2.24. The van der Waals surface area contributed by atoms with Crippen molar-refractivity contribution in [1.29, 1.82) is 0 Å². The Morgan fingerprint density at radius 1 is 1.17 bits per heavy atom. The van der Waals surface area contributed by atoms with E-state index in [4.69, 9.17) is 17.0 Å². The van der Waals surface area contributed by atoms with Gasteiger partial charge < -0.3 is 14.8 Å². The average Bonchev–Trinajstić information content (AvgIpc) is 2.56. The molecule has 0 spiro atoms. The standard InChI is InChI=1S/C16H15F2N3O2S/c1-22-14-5-3-2-4-13(14)20-16(24)21-19-10-11-6-8-12(9-7-11)23-15(17)18/h2-10,15H,1H3,(H2,20,21,24)/b19-10-. The molecule has 0 heterocycles. The number of nitrogens with zero attached hydrogens (tertiary/aromatic N) is 1. The number of thiocarbonyl (C=S) groups is 1. The maximum absolute atomic E-state index is 12.1. The molecule has 2 aromatic rings. The zero-order valence-corrected chi connectivity index (χ0v) is 13.5. The van der Waals surface area contributed by atoms with E-state index in [1.807, 2.05) is 18.2 Å². The summed E-state index contributed by atoms with van der Waals surface area (Å²) < 4.78 is 33.6. The zero-order valence-electron chi connectivity index (χ0n) is 12.7. The minimum absolute atomic E-state index is 0.0865. The molecular formula is C16H15F2N3O2S. The van der Waals surface area contributed by atoms with Gasteiger partial charge in [-0.1, -0.05) is 12.1 Å². The quantitative estimate of drug-likeness (QED) is 0.473. The highest BCUT2D eigenvalue weighted by Crippen LogP contribution is 2.22. The Hall–Kier alpha value is -2.74. The highest BCUT2D eigenvalue weighted by atomic mass is 32.1. The highest BCUT2D eigenvalue weighted by Gasteiger charge is 2.04. The number of para-hydroxylation sites is 2. The van der Waals surface area contributed by atoms with Crippen molar-refractivity contribution in [2.45, 2.75) is 6.61 Å². The number of methoxy groups -OCH3 is 1. The Balaban J connectivity index is 1.88. The first kappa shape index (κ1) is 17.6. The number of halogens is 2. The first-order valence-electron chi connectivity index (χ1n) is 6.86. The summed E-state index contributed by atoms with van der Waals surface area (Å²) in [6.45, 7) is -2.84. The van der Waals surface area contributed by atoms with Crippen LogP contribution in [-0.4, -0.2) is 25.0 Å². The van der Waals surface area contributed by atoms with Crippen molar-refractivity contribution in [1.82, 2.24) is 5.43 Å². The predicted molar refractivity (Wildman–Crippen MR) is 93.0 cm³/mol. The van der Waals surface area contributed by atoms with E-state index in [2.05, 4.69) is 20.6 Å². The van der Waals surface area contributed by atoms with E-state index in [9.17, 15) is 8.78 Å². The largest absolute Gasteiger partial charge is 0.495 e. The summed E-state index contributed by atoms with van der Waals surface area (Å²) in [6.07, 6.45) is 1.50. The fourth-order valence-electron chi connectivity index (χ4n) is 1.80. The second-order valence-electron chi connectivity index (χ2n) is 4.47. The van der Waals surface area contributed by atoms with Crippen LogP contribution in [0.5, 0.6) is 11.5 Å². The first-order chi connectivity index (χ1) is 11.6. The van der Waals surface area contributed by atoms with Crippen molar-refractivity contribution in [2.24, 2.45) is 5.10 Å². The van der Waals surface area contributed by atoms with Crippen LogP contribution in [0.3, 0.4) is 0 Å². The van der Waals surface area contributed by atoms with Gasteiger partial charge in [0.1, 0.15) is 11.5 Å². The minimum atomic E-state index is -2.84. The van der Waals surface area contributed by atoms with E-state index >= 15 is 0 Å². The molecule has 0 aromatic heterocycles. The molecule has 0 saturated heterocycles. The van der Waals surface area contributed by atoms with Crippen LogP contribution in [0, 0.1) is 0 Å². The molecule has 0 aliphatic rings. The molecule has 0 saturated carbocycles. The summed E-state index contributed by atoms with van der Waals surface area (Å²) in [5.74, 6) is 0.740. The van der Waals surface area contributed by atoms with Crippen LogP contribution in [0.1, 0.15) is 5.56 Å². The molecule has 0 aliphatic carbocycles. The Morgan fingerprint density at radius 2 is 1.88 bits per heavy atom. The molecule has 2 rings (SSSR count). The minimum Gasteiger partial charge on any atom is -0.495 e. The summed E-state index contributed by atoms with van der Waals surface area (Å²) in [4.78, 5) is 0. The maximum atomic E-state index is 12.1. The van der Waals surface area contributed by atoms with E-state index < -0.39 is 6.61 Å². The summed E-state index contributed by atoms with van der Waals surface area (Å²) in [5, 5.41) is 7.22. The molecule has 8 heteroatoms. The van der Waals surface area contributed by atoms with Gasteiger partial charge in [0.15, 0.2) is 5.11 Å². The topological polar surface area (TPSA) is 54.9 Å². The van der Waals surface area contributed by atoms with E-state index in [0.29, 0.717) is 17.0 Å². The number of anilines is 1. The van der Waals surface area contributed by atoms with Crippen LogP contribution in [0.4, 0.5) is 14.5 Å². The number of ether oxygens (including phenoxy) is 2. The second-order valence-corrected chi connectivity index (χ2v) is 4.88. The summed E-state index contributed by atoms with van der Waals surface area (Å²) in [6, 6.07) is 13.4. The molecule has 0 aliphatic heterocycles. The van der Waals surface area contributed by atoms with E-state index in [-0.39, 0.29) is 10.9 Å². The van der Waals surface area contributed by atoms with Crippen molar-refractivity contribution in [3.8, 4) is 11.5 Å². The highest BCUT2D eigenvalue weighted by molar-refractivity contribution is 7.80. The molecule has 2 aromatic carbocycles. The van der Waals surface area contributed by atoms with Gasteiger partial charge in [-0.15, -0.1) is 0 Å². The summed E-state index contributed by atoms with van der Waals surface area (Å²) in [5.41, 5.74) is 4.07. The second kappa shape index (κ2) is 8.78. The molecule has 126 valence electrons. The SMILES string of the molecule is COc1ccccc1NC(=S)N/N=C\c1ccc(OC(F)F)cc1. The van der Waals surface area contributed by atoms with Gasteiger partial charge >= 0.3 is 6.61 Å². The monoisotopic (exact) mass is 351 g/mol. The van der Waals surface area contributed by atoms with Crippen molar-refractivity contribution in [2.75, 3.05) is 12.4 Å².